The second-order valence-corrected chi connectivity index (χ2v) is 9.67. The van der Waals surface area contributed by atoms with Crippen LogP contribution >= 0.6 is 12.2 Å². The van der Waals surface area contributed by atoms with Gasteiger partial charge in [-0.25, -0.2) is 0 Å². The fourth-order valence-electron chi connectivity index (χ4n) is 5.15. The van der Waals surface area contributed by atoms with Crippen LogP contribution < -0.4 is 10.6 Å². The number of rotatable bonds is 8. The molecule has 2 atom stereocenters. The lowest BCUT2D eigenvalue weighted by atomic mass is 10.0. The third kappa shape index (κ3) is 4.78. The van der Waals surface area contributed by atoms with E-state index < -0.39 is 0 Å². The molecule has 3 aromatic heterocycles. The number of carbonyl (C=O) groups excluding carboxylic acids is 1. The van der Waals surface area contributed by atoms with E-state index in [-0.39, 0.29) is 24.4 Å². The van der Waals surface area contributed by atoms with E-state index in [9.17, 15) is 4.79 Å². The maximum absolute atomic E-state index is 13.1. The van der Waals surface area contributed by atoms with Gasteiger partial charge in [0.1, 0.15) is 5.76 Å². The highest BCUT2D eigenvalue weighted by Crippen LogP contribution is 2.39. The first-order valence-corrected chi connectivity index (χ1v) is 13.0. The smallest absolute Gasteiger partial charge is 0.226 e. The first kappa shape index (κ1) is 23.9. The zero-order valence-corrected chi connectivity index (χ0v) is 21.5. The summed E-state index contributed by atoms with van der Waals surface area (Å²) < 4.78 is 7.77. The zero-order chi connectivity index (χ0) is 25.9. The van der Waals surface area contributed by atoms with Crippen molar-refractivity contribution in [1.29, 1.82) is 0 Å². The van der Waals surface area contributed by atoms with Crippen LogP contribution in [0.5, 0.6) is 0 Å². The first-order valence-electron chi connectivity index (χ1n) is 12.6. The largest absolute Gasteiger partial charge is 0.467 e. The normalized spacial score (nSPS) is 17.1. The number of hydrogen-bond donors (Lipinski definition) is 2. The molecule has 0 aliphatic carbocycles. The predicted molar refractivity (Wildman–Crippen MR) is 152 cm³/mol. The number of furan rings is 1. The van der Waals surface area contributed by atoms with Crippen LogP contribution in [-0.2, 0) is 11.3 Å². The minimum atomic E-state index is -0.157. The van der Waals surface area contributed by atoms with Crippen LogP contribution in [0.15, 0.2) is 108 Å². The highest BCUT2D eigenvalue weighted by molar-refractivity contribution is 7.80. The topological polar surface area (TPSA) is 75.3 Å². The van der Waals surface area contributed by atoms with Crippen LogP contribution in [-0.4, -0.2) is 32.0 Å². The van der Waals surface area contributed by atoms with Crippen LogP contribution in [0.25, 0.3) is 10.8 Å². The SMILES string of the molecule is O=C(CCN1C(=S)NC(c2ccccn2)C1c1cccn1Cc1ccco1)Nc1cccc2ccccc12. The van der Waals surface area contributed by atoms with Gasteiger partial charge >= 0.3 is 0 Å². The van der Waals surface area contributed by atoms with Crippen LogP contribution in [0.1, 0.15) is 35.7 Å². The summed E-state index contributed by atoms with van der Waals surface area (Å²) in [5, 5.41) is 9.28. The second kappa shape index (κ2) is 10.5. The van der Waals surface area contributed by atoms with Gasteiger partial charge in [0.05, 0.1) is 30.6 Å². The highest BCUT2D eigenvalue weighted by Gasteiger charge is 2.41. The van der Waals surface area contributed by atoms with Gasteiger partial charge in [0, 0.05) is 42.1 Å². The van der Waals surface area contributed by atoms with Gasteiger partial charge in [0.25, 0.3) is 0 Å². The van der Waals surface area contributed by atoms with Crippen molar-refractivity contribution in [2.45, 2.75) is 25.0 Å². The number of nitrogens with one attached hydrogen (secondary N) is 2. The van der Waals surface area contributed by atoms with E-state index >= 15 is 0 Å². The van der Waals surface area contributed by atoms with Gasteiger partial charge in [-0.1, -0.05) is 42.5 Å². The van der Waals surface area contributed by atoms with Crippen LogP contribution in [0.2, 0.25) is 0 Å². The molecular weight excluding hydrogens is 494 g/mol. The first-order chi connectivity index (χ1) is 18.7. The fourth-order valence-corrected chi connectivity index (χ4v) is 5.48. The maximum Gasteiger partial charge on any atom is 0.226 e. The summed E-state index contributed by atoms with van der Waals surface area (Å²) in [6.07, 6.45) is 5.80. The molecular formula is C30H27N5O2S. The number of aromatic nitrogens is 2. The van der Waals surface area contributed by atoms with Gasteiger partial charge in [-0.15, -0.1) is 0 Å². The Balaban J connectivity index is 1.25. The number of amides is 1. The van der Waals surface area contributed by atoms with Crippen molar-refractivity contribution < 1.29 is 9.21 Å². The Morgan fingerprint density at radius 3 is 2.71 bits per heavy atom. The summed E-state index contributed by atoms with van der Waals surface area (Å²) >= 11 is 5.80. The van der Waals surface area contributed by atoms with E-state index in [1.54, 1.807) is 12.5 Å². The standard InChI is InChI=1S/C30H27N5O2S/c36-27(32-24-13-5-9-21-8-1-2-11-23(21)24)15-18-35-29(28(33-30(35)38)25-12-3-4-16-31-25)26-14-6-17-34(26)20-22-10-7-19-37-22/h1-14,16-17,19,28-29H,15,18,20H2,(H,32,36)(H,33,38). The lowest BCUT2D eigenvalue weighted by molar-refractivity contribution is -0.116. The van der Waals surface area contributed by atoms with Gasteiger partial charge in [-0.2, -0.15) is 0 Å². The molecule has 6 rings (SSSR count). The number of anilines is 1. The Morgan fingerprint density at radius 2 is 1.87 bits per heavy atom. The Hall–Kier alpha value is -4.43. The monoisotopic (exact) mass is 521 g/mol. The molecule has 2 N–H and O–H groups in total. The molecule has 0 bridgehead atoms. The number of thiocarbonyl (C=S) groups is 1. The summed E-state index contributed by atoms with van der Waals surface area (Å²) in [5.74, 6) is 0.807. The molecule has 2 aromatic carbocycles. The molecule has 2 unspecified atom stereocenters. The molecule has 1 saturated heterocycles. The summed E-state index contributed by atoms with van der Waals surface area (Å²) in [6.45, 7) is 1.06. The van der Waals surface area contributed by atoms with Gasteiger partial charge < -0.3 is 24.5 Å². The third-order valence-corrected chi connectivity index (χ3v) is 7.27. The minimum absolute atomic E-state index is 0.0600. The average molecular weight is 522 g/mol. The second-order valence-electron chi connectivity index (χ2n) is 9.29. The van der Waals surface area contributed by atoms with Gasteiger partial charge in [0.2, 0.25) is 5.91 Å². The molecule has 0 saturated carbocycles. The van der Waals surface area contributed by atoms with Gasteiger partial charge in [-0.3, -0.25) is 9.78 Å². The summed E-state index contributed by atoms with van der Waals surface area (Å²) in [5.41, 5.74) is 2.78. The van der Waals surface area contributed by atoms with Crippen molar-refractivity contribution in [3.8, 4) is 0 Å². The fraction of sp³-hybridized carbons (Fsp3) is 0.167. The average Bonchev–Trinajstić information content (AvgIpc) is 3.69. The van der Waals surface area contributed by atoms with Gasteiger partial charge in [-0.05, 0) is 60.1 Å². The van der Waals surface area contributed by atoms with Crippen molar-refractivity contribution in [3.63, 3.8) is 0 Å². The van der Waals surface area contributed by atoms with Gasteiger partial charge in [0.15, 0.2) is 5.11 Å². The van der Waals surface area contributed by atoms with E-state index in [4.69, 9.17) is 16.6 Å². The molecule has 5 aromatic rings. The molecule has 38 heavy (non-hydrogen) atoms. The molecule has 1 aliphatic rings. The van der Waals surface area contributed by atoms with Crippen molar-refractivity contribution in [3.05, 3.63) is 121 Å². The van der Waals surface area contributed by atoms with E-state index in [2.05, 4.69) is 31.2 Å². The van der Waals surface area contributed by atoms with E-state index in [0.717, 1.165) is 33.6 Å². The molecule has 1 amide bonds. The van der Waals surface area contributed by atoms with E-state index in [1.165, 1.54) is 0 Å². The Bertz CT molecular complexity index is 1560. The number of nitrogens with zero attached hydrogens (tertiary/aromatic N) is 3. The van der Waals surface area contributed by atoms with Crippen molar-refractivity contribution in [2.24, 2.45) is 0 Å². The van der Waals surface area contributed by atoms with Crippen LogP contribution in [0, 0.1) is 0 Å². The number of pyridine rings is 1. The minimum Gasteiger partial charge on any atom is -0.467 e. The molecule has 0 spiro atoms. The summed E-state index contributed by atoms with van der Waals surface area (Å²) in [7, 11) is 0. The summed E-state index contributed by atoms with van der Waals surface area (Å²) in [4.78, 5) is 19.8. The number of benzene rings is 2. The summed E-state index contributed by atoms with van der Waals surface area (Å²) in [6, 6.07) is 27.5. The lowest BCUT2D eigenvalue weighted by Gasteiger charge is -2.28. The Labute approximate surface area is 226 Å². The molecule has 8 heteroatoms. The Kier molecular flexibility index (Phi) is 6.62. The third-order valence-electron chi connectivity index (χ3n) is 6.92. The van der Waals surface area contributed by atoms with Crippen molar-refractivity contribution in [1.82, 2.24) is 19.8 Å². The number of hydrogen-bond acceptors (Lipinski definition) is 4. The predicted octanol–water partition coefficient (Wildman–Crippen LogP) is 5.68. The molecule has 1 fully saturated rings. The van der Waals surface area contributed by atoms with E-state index in [0.29, 0.717) is 18.2 Å². The molecule has 4 heterocycles. The molecule has 190 valence electrons. The van der Waals surface area contributed by atoms with Crippen LogP contribution in [0.3, 0.4) is 0 Å². The van der Waals surface area contributed by atoms with Crippen molar-refractivity contribution >= 4 is 39.7 Å². The molecule has 1 aliphatic heterocycles. The quantitative estimate of drug-likeness (QED) is 0.256. The molecule has 0 radical (unpaired) electrons. The van der Waals surface area contributed by atoms with E-state index in [1.807, 2.05) is 85.1 Å². The van der Waals surface area contributed by atoms with Crippen molar-refractivity contribution in [2.75, 3.05) is 11.9 Å². The number of fused-ring (bicyclic) bond motifs is 1. The van der Waals surface area contributed by atoms with Crippen LogP contribution in [0.4, 0.5) is 5.69 Å². The zero-order valence-electron chi connectivity index (χ0n) is 20.7. The highest BCUT2D eigenvalue weighted by atomic mass is 32.1. The lowest BCUT2D eigenvalue weighted by Crippen LogP contribution is -2.33. The molecule has 7 nitrogen and oxygen atoms in total. The Morgan fingerprint density at radius 1 is 1.00 bits per heavy atom. The number of carbonyl (C=O) groups is 1. The maximum atomic E-state index is 13.1.